The predicted octanol–water partition coefficient (Wildman–Crippen LogP) is 3.88. The Morgan fingerprint density at radius 2 is 2.00 bits per heavy atom. The van der Waals surface area contributed by atoms with Crippen molar-refractivity contribution in [1.29, 1.82) is 0 Å². The first-order valence-electron chi connectivity index (χ1n) is 6.88. The van der Waals surface area contributed by atoms with Crippen LogP contribution in [-0.2, 0) is 0 Å². The Morgan fingerprint density at radius 3 is 2.74 bits per heavy atom. The van der Waals surface area contributed by atoms with Gasteiger partial charge in [-0.1, -0.05) is 18.2 Å². The van der Waals surface area contributed by atoms with Gasteiger partial charge < -0.3 is 15.5 Å². The first kappa shape index (κ1) is 14.6. The van der Waals surface area contributed by atoms with E-state index < -0.39 is 4.92 Å². The highest BCUT2D eigenvalue weighted by Gasteiger charge is 2.15. The molecule has 23 heavy (non-hydrogen) atoms. The molecule has 0 aliphatic rings. The van der Waals surface area contributed by atoms with Crippen LogP contribution in [0.5, 0.6) is 0 Å². The molecule has 0 bridgehead atoms. The minimum Gasteiger partial charge on any atom is -0.423 e. The van der Waals surface area contributed by atoms with Crippen LogP contribution < -0.4 is 11.1 Å². The topological polar surface area (TPSA) is 107 Å². The summed E-state index contributed by atoms with van der Waals surface area (Å²) in [5.74, 6) is 0.486. The van der Waals surface area contributed by atoms with Gasteiger partial charge in [0.25, 0.3) is 11.7 Å². The molecule has 0 fully saturated rings. The minimum atomic E-state index is -0.443. The number of nitro benzene ring substituents is 1. The van der Waals surface area contributed by atoms with E-state index in [1.54, 1.807) is 31.2 Å². The lowest BCUT2D eigenvalue weighted by molar-refractivity contribution is -0.384. The van der Waals surface area contributed by atoms with Crippen LogP contribution in [0.15, 0.2) is 52.9 Å². The van der Waals surface area contributed by atoms with Crippen LogP contribution in [0.25, 0.3) is 11.3 Å². The second kappa shape index (κ2) is 5.80. The molecule has 0 aliphatic heterocycles. The number of nitrogens with zero attached hydrogens (tertiary/aromatic N) is 2. The first-order chi connectivity index (χ1) is 11.0. The quantitative estimate of drug-likeness (QED) is 0.430. The van der Waals surface area contributed by atoms with Crippen LogP contribution >= 0.6 is 0 Å². The summed E-state index contributed by atoms with van der Waals surface area (Å²) >= 11 is 0. The normalized spacial score (nSPS) is 10.5. The molecule has 0 aliphatic carbocycles. The average Bonchev–Trinajstić information content (AvgIpc) is 2.88. The van der Waals surface area contributed by atoms with E-state index in [0.717, 1.165) is 5.69 Å². The number of nitrogen functional groups attached to an aromatic ring is 1. The van der Waals surface area contributed by atoms with Crippen molar-refractivity contribution >= 4 is 23.1 Å². The Kier molecular flexibility index (Phi) is 3.68. The molecule has 116 valence electrons. The number of hydrogen-bond donors (Lipinski definition) is 2. The van der Waals surface area contributed by atoms with E-state index in [-0.39, 0.29) is 5.69 Å². The van der Waals surface area contributed by atoms with Gasteiger partial charge >= 0.3 is 0 Å². The van der Waals surface area contributed by atoms with Gasteiger partial charge in [-0.15, -0.1) is 0 Å². The zero-order valence-electron chi connectivity index (χ0n) is 12.3. The molecule has 7 heteroatoms. The molecule has 0 unspecified atom stereocenters. The summed E-state index contributed by atoms with van der Waals surface area (Å²) in [5.41, 5.74) is 8.34. The van der Waals surface area contributed by atoms with Gasteiger partial charge in [-0.3, -0.25) is 10.1 Å². The van der Waals surface area contributed by atoms with Gasteiger partial charge in [0.15, 0.2) is 5.76 Å². The molecule has 0 amide bonds. The molecule has 7 nitrogen and oxygen atoms in total. The first-order valence-corrected chi connectivity index (χ1v) is 6.88. The molecule has 0 atom stereocenters. The number of nitrogens with two attached hydrogens (primary N) is 1. The number of rotatable bonds is 4. The van der Waals surface area contributed by atoms with Crippen molar-refractivity contribution in [2.45, 2.75) is 6.92 Å². The second-order valence-corrected chi connectivity index (χ2v) is 4.99. The fourth-order valence-electron chi connectivity index (χ4n) is 2.22. The summed E-state index contributed by atoms with van der Waals surface area (Å²) in [4.78, 5) is 14.7. The molecule has 3 aromatic rings. The Bertz CT molecular complexity index is 873. The summed E-state index contributed by atoms with van der Waals surface area (Å²) in [5, 5.41) is 13.9. The van der Waals surface area contributed by atoms with Crippen LogP contribution in [-0.4, -0.2) is 9.91 Å². The Hall–Kier alpha value is -3.35. The van der Waals surface area contributed by atoms with Gasteiger partial charge in [0.2, 0.25) is 0 Å². The van der Waals surface area contributed by atoms with E-state index in [9.17, 15) is 10.1 Å². The number of nitro groups is 1. The van der Waals surface area contributed by atoms with Gasteiger partial charge in [0.05, 0.1) is 10.6 Å². The summed E-state index contributed by atoms with van der Waals surface area (Å²) < 4.78 is 5.69. The van der Waals surface area contributed by atoms with E-state index in [4.69, 9.17) is 10.2 Å². The number of aryl methyl sites for hydroxylation is 1. The number of benzene rings is 2. The van der Waals surface area contributed by atoms with Crippen molar-refractivity contribution in [3.63, 3.8) is 0 Å². The van der Waals surface area contributed by atoms with Crippen molar-refractivity contribution in [1.82, 2.24) is 4.98 Å². The van der Waals surface area contributed by atoms with Crippen molar-refractivity contribution in [3.05, 3.63) is 64.3 Å². The summed E-state index contributed by atoms with van der Waals surface area (Å²) in [6, 6.07) is 13.7. The largest absolute Gasteiger partial charge is 0.423 e. The Labute approximate surface area is 131 Å². The van der Waals surface area contributed by atoms with Gasteiger partial charge in [-0.2, -0.15) is 4.98 Å². The van der Waals surface area contributed by atoms with E-state index in [1.165, 1.54) is 12.1 Å². The summed E-state index contributed by atoms with van der Waals surface area (Å²) in [6.45, 7) is 1.78. The number of non-ortho nitro benzene ring substituents is 1. The molecule has 0 spiro atoms. The third kappa shape index (κ3) is 3.13. The van der Waals surface area contributed by atoms with Crippen molar-refractivity contribution in [3.8, 4) is 11.3 Å². The lowest BCUT2D eigenvalue weighted by atomic mass is 10.1. The van der Waals surface area contributed by atoms with Crippen LogP contribution in [0.4, 0.5) is 23.1 Å². The summed E-state index contributed by atoms with van der Waals surface area (Å²) in [6.07, 6.45) is 0. The fraction of sp³-hybridized carbons (Fsp3) is 0.0625. The van der Waals surface area contributed by atoms with Gasteiger partial charge in [0, 0.05) is 29.1 Å². The van der Waals surface area contributed by atoms with E-state index in [1.807, 2.05) is 12.1 Å². The molecule has 3 rings (SSSR count). The van der Waals surface area contributed by atoms with Crippen molar-refractivity contribution in [2.75, 3.05) is 11.1 Å². The molecule has 0 saturated heterocycles. The van der Waals surface area contributed by atoms with Crippen LogP contribution in [0.3, 0.4) is 0 Å². The predicted molar refractivity (Wildman–Crippen MR) is 87.5 cm³/mol. The third-order valence-electron chi connectivity index (χ3n) is 3.25. The highest BCUT2D eigenvalue weighted by molar-refractivity contribution is 5.66. The van der Waals surface area contributed by atoms with Gasteiger partial charge in [-0.05, 0) is 25.1 Å². The molecule has 1 aromatic heterocycles. The molecule has 0 radical (unpaired) electrons. The van der Waals surface area contributed by atoms with E-state index in [2.05, 4.69) is 10.3 Å². The van der Waals surface area contributed by atoms with Crippen LogP contribution in [0.1, 0.15) is 5.69 Å². The Balaban J connectivity index is 1.92. The van der Waals surface area contributed by atoms with E-state index >= 15 is 0 Å². The molecular formula is C16H14N4O3. The highest BCUT2D eigenvalue weighted by Crippen LogP contribution is 2.30. The lowest BCUT2D eigenvalue weighted by Gasteiger charge is -2.02. The molecule has 1 heterocycles. The Morgan fingerprint density at radius 1 is 1.22 bits per heavy atom. The molecule has 2 aromatic carbocycles. The maximum absolute atomic E-state index is 10.9. The summed E-state index contributed by atoms with van der Waals surface area (Å²) in [7, 11) is 0. The van der Waals surface area contributed by atoms with E-state index in [0.29, 0.717) is 28.7 Å². The zero-order valence-corrected chi connectivity index (χ0v) is 12.3. The molecule has 0 saturated carbocycles. The standard InChI is InChI=1S/C16H14N4O3/c1-10-15(11-4-2-7-14(8-11)20(21)22)23-16(18-10)19-13-6-3-5-12(17)9-13/h2-9H,17H2,1H3,(H,18,19). The number of aromatic nitrogens is 1. The van der Waals surface area contributed by atoms with Crippen molar-refractivity contribution < 1.29 is 9.34 Å². The number of nitrogens with one attached hydrogen (secondary N) is 1. The minimum absolute atomic E-state index is 0.00337. The SMILES string of the molecule is Cc1nc(Nc2cccc(N)c2)oc1-c1cccc([N+](=O)[O-])c1. The lowest BCUT2D eigenvalue weighted by Crippen LogP contribution is -1.92. The number of anilines is 3. The van der Waals surface area contributed by atoms with Gasteiger partial charge in [0.1, 0.15) is 0 Å². The average molecular weight is 310 g/mol. The highest BCUT2D eigenvalue weighted by atomic mass is 16.6. The fourth-order valence-corrected chi connectivity index (χ4v) is 2.22. The maximum atomic E-state index is 10.9. The zero-order chi connectivity index (χ0) is 16.4. The number of hydrogen-bond acceptors (Lipinski definition) is 6. The smallest absolute Gasteiger partial charge is 0.299 e. The monoisotopic (exact) mass is 310 g/mol. The third-order valence-corrected chi connectivity index (χ3v) is 3.25. The molecule has 3 N–H and O–H groups in total. The van der Waals surface area contributed by atoms with Gasteiger partial charge in [-0.25, -0.2) is 0 Å². The van der Waals surface area contributed by atoms with Crippen LogP contribution in [0.2, 0.25) is 0 Å². The van der Waals surface area contributed by atoms with Crippen LogP contribution in [0, 0.1) is 17.0 Å². The molecular weight excluding hydrogens is 296 g/mol. The second-order valence-electron chi connectivity index (χ2n) is 4.99. The van der Waals surface area contributed by atoms with Crippen molar-refractivity contribution in [2.24, 2.45) is 0 Å². The number of oxazole rings is 1. The maximum Gasteiger partial charge on any atom is 0.299 e.